The lowest BCUT2D eigenvalue weighted by molar-refractivity contribution is 0.368. The zero-order valence-corrected chi connectivity index (χ0v) is 14.0. The molecule has 2 rings (SSSR count). The van der Waals surface area contributed by atoms with E-state index in [1.54, 1.807) is 0 Å². The van der Waals surface area contributed by atoms with E-state index >= 15 is 0 Å². The quantitative estimate of drug-likeness (QED) is 0.713. The van der Waals surface area contributed by atoms with Gasteiger partial charge in [-0.25, -0.2) is 0 Å². The van der Waals surface area contributed by atoms with E-state index in [4.69, 9.17) is 33.2 Å². The normalized spacial score (nSPS) is 10.0. The number of nitrogens with zero attached hydrogens (tertiary/aromatic N) is 1. The maximum atomic E-state index is 8.45. The first-order valence-electron chi connectivity index (χ1n) is 6.08. The first-order valence-corrected chi connectivity index (χ1v) is 7.62. The molecule has 0 aliphatic rings. The Labute approximate surface area is 141 Å². The molecule has 0 saturated heterocycles. The highest BCUT2D eigenvalue weighted by molar-refractivity contribution is 9.10. The minimum Gasteiger partial charge on any atom is -0.479 e. The molecule has 0 aromatic heterocycles. The third-order valence-electron chi connectivity index (χ3n) is 2.74. The van der Waals surface area contributed by atoms with Gasteiger partial charge in [0.15, 0.2) is 6.61 Å². The summed E-state index contributed by atoms with van der Waals surface area (Å²) in [7, 11) is 0. The first kappa shape index (κ1) is 16.0. The molecule has 6 heteroatoms. The van der Waals surface area contributed by atoms with Crippen LogP contribution in [0.3, 0.4) is 0 Å². The van der Waals surface area contributed by atoms with Crippen LogP contribution in [0.2, 0.25) is 10.0 Å². The van der Waals surface area contributed by atoms with Crippen LogP contribution in [0.1, 0.15) is 5.56 Å². The molecular weight excluding hydrogens is 375 g/mol. The number of nitriles is 1. The third kappa shape index (κ3) is 4.28. The molecule has 0 bridgehead atoms. The van der Waals surface area contributed by atoms with E-state index in [1.165, 1.54) is 0 Å². The van der Waals surface area contributed by atoms with Crippen LogP contribution in [0.15, 0.2) is 40.9 Å². The van der Waals surface area contributed by atoms with Crippen molar-refractivity contribution >= 4 is 44.8 Å². The zero-order valence-electron chi connectivity index (χ0n) is 10.9. The average Bonchev–Trinajstić information content (AvgIpc) is 2.51. The van der Waals surface area contributed by atoms with Crippen LogP contribution in [0.25, 0.3) is 0 Å². The minimum atomic E-state index is 0.0462. The Morgan fingerprint density at radius 1 is 1.10 bits per heavy atom. The first-order chi connectivity index (χ1) is 10.1. The van der Waals surface area contributed by atoms with E-state index in [9.17, 15) is 0 Å². The maximum absolute atomic E-state index is 8.45. The van der Waals surface area contributed by atoms with Crippen molar-refractivity contribution in [2.24, 2.45) is 0 Å². The van der Waals surface area contributed by atoms with Crippen molar-refractivity contribution < 1.29 is 4.74 Å². The molecule has 0 aliphatic heterocycles. The number of rotatable bonds is 5. The van der Waals surface area contributed by atoms with Crippen LogP contribution in [0.4, 0.5) is 5.69 Å². The second kappa shape index (κ2) is 7.56. The molecule has 0 saturated carbocycles. The van der Waals surface area contributed by atoms with Crippen molar-refractivity contribution in [3.05, 3.63) is 56.5 Å². The molecule has 108 valence electrons. The summed E-state index contributed by atoms with van der Waals surface area (Å²) in [6.45, 7) is 0.654. The predicted octanol–water partition coefficient (Wildman–Crippen LogP) is 5.27. The van der Waals surface area contributed by atoms with Gasteiger partial charge in [0.2, 0.25) is 0 Å². The monoisotopic (exact) mass is 384 g/mol. The zero-order chi connectivity index (χ0) is 15.2. The molecule has 2 aromatic carbocycles. The fourth-order valence-corrected chi connectivity index (χ4v) is 2.52. The Hall–Kier alpha value is -1.41. The number of ether oxygens (including phenoxy) is 1. The van der Waals surface area contributed by atoms with Crippen LogP contribution in [-0.4, -0.2) is 6.61 Å². The van der Waals surface area contributed by atoms with E-state index in [2.05, 4.69) is 21.2 Å². The molecule has 0 unspecified atom stereocenters. The van der Waals surface area contributed by atoms with Gasteiger partial charge in [-0.05, 0) is 45.8 Å². The smallest absolute Gasteiger partial charge is 0.174 e. The highest BCUT2D eigenvalue weighted by Crippen LogP contribution is 2.35. The van der Waals surface area contributed by atoms with Crippen molar-refractivity contribution in [2.45, 2.75) is 6.54 Å². The van der Waals surface area contributed by atoms with Gasteiger partial charge in [0, 0.05) is 11.0 Å². The Morgan fingerprint density at radius 2 is 1.81 bits per heavy atom. The molecule has 0 atom stereocenters. The van der Waals surface area contributed by atoms with Crippen molar-refractivity contribution in [1.82, 2.24) is 0 Å². The van der Waals surface area contributed by atoms with Gasteiger partial charge in [-0.1, -0.05) is 35.3 Å². The second-order valence-electron chi connectivity index (χ2n) is 4.17. The number of anilines is 1. The standard InChI is InChI=1S/C15H11BrCl2N2O/c16-12-5-6-13(15(18)14(12)17)20-9-10-1-3-11(4-2-10)21-8-7-19/h1-6,20H,8-9H2. The second-order valence-corrected chi connectivity index (χ2v) is 5.78. The summed E-state index contributed by atoms with van der Waals surface area (Å²) < 4.78 is 5.96. The molecule has 3 nitrogen and oxygen atoms in total. The van der Waals surface area contributed by atoms with Crippen LogP contribution < -0.4 is 10.1 Å². The molecular formula is C15H11BrCl2N2O. The lowest BCUT2D eigenvalue weighted by Crippen LogP contribution is -2.00. The molecule has 0 heterocycles. The molecule has 0 spiro atoms. The fourth-order valence-electron chi connectivity index (χ4n) is 1.68. The van der Waals surface area contributed by atoms with Crippen molar-refractivity contribution in [1.29, 1.82) is 5.26 Å². The summed E-state index contributed by atoms with van der Waals surface area (Å²) in [5.41, 5.74) is 1.84. The van der Waals surface area contributed by atoms with Gasteiger partial charge in [0.05, 0.1) is 15.7 Å². The lowest BCUT2D eigenvalue weighted by atomic mass is 10.2. The van der Waals surface area contributed by atoms with E-state index in [-0.39, 0.29) is 6.61 Å². The molecule has 2 aromatic rings. The molecule has 0 radical (unpaired) electrons. The number of hydrogen-bond acceptors (Lipinski definition) is 3. The van der Waals surface area contributed by atoms with E-state index in [0.29, 0.717) is 22.3 Å². The van der Waals surface area contributed by atoms with Gasteiger partial charge in [-0.15, -0.1) is 0 Å². The number of benzene rings is 2. The summed E-state index contributed by atoms with van der Waals surface area (Å²) in [5, 5.41) is 12.7. The SMILES string of the molecule is N#CCOc1ccc(CNc2ccc(Br)c(Cl)c2Cl)cc1. The van der Waals surface area contributed by atoms with Gasteiger partial charge >= 0.3 is 0 Å². The summed E-state index contributed by atoms with van der Waals surface area (Å²) in [4.78, 5) is 0. The lowest BCUT2D eigenvalue weighted by Gasteiger charge is -2.11. The highest BCUT2D eigenvalue weighted by Gasteiger charge is 2.08. The maximum Gasteiger partial charge on any atom is 0.174 e. The predicted molar refractivity (Wildman–Crippen MR) is 89.0 cm³/mol. The molecule has 0 fully saturated rings. The minimum absolute atomic E-state index is 0.0462. The topological polar surface area (TPSA) is 45.0 Å². The van der Waals surface area contributed by atoms with Gasteiger partial charge in [-0.2, -0.15) is 5.26 Å². The highest BCUT2D eigenvalue weighted by atomic mass is 79.9. The molecule has 0 aliphatic carbocycles. The fraction of sp³-hybridized carbons (Fsp3) is 0.133. The molecule has 0 amide bonds. The van der Waals surface area contributed by atoms with Crippen LogP contribution in [-0.2, 0) is 6.54 Å². The Morgan fingerprint density at radius 3 is 2.48 bits per heavy atom. The average molecular weight is 386 g/mol. The van der Waals surface area contributed by atoms with Crippen molar-refractivity contribution in [2.75, 3.05) is 11.9 Å². The Kier molecular flexibility index (Phi) is 5.75. The number of halogens is 3. The Bertz CT molecular complexity index is 669. The number of nitrogens with one attached hydrogen (secondary N) is 1. The van der Waals surface area contributed by atoms with Crippen molar-refractivity contribution in [3.8, 4) is 11.8 Å². The van der Waals surface area contributed by atoms with Gasteiger partial charge in [0.25, 0.3) is 0 Å². The van der Waals surface area contributed by atoms with Crippen molar-refractivity contribution in [3.63, 3.8) is 0 Å². The van der Waals surface area contributed by atoms with Crippen LogP contribution >= 0.6 is 39.1 Å². The summed E-state index contributed by atoms with van der Waals surface area (Å²) in [6, 6.07) is 13.1. The van der Waals surface area contributed by atoms with Gasteiger partial charge < -0.3 is 10.1 Å². The molecule has 21 heavy (non-hydrogen) atoms. The van der Waals surface area contributed by atoms with Crippen LogP contribution in [0.5, 0.6) is 5.75 Å². The van der Waals surface area contributed by atoms with E-state index < -0.39 is 0 Å². The van der Waals surface area contributed by atoms with E-state index in [1.807, 2.05) is 42.5 Å². The third-order valence-corrected chi connectivity index (χ3v) is 4.52. The summed E-state index contributed by atoms with van der Waals surface area (Å²) >= 11 is 15.6. The summed E-state index contributed by atoms with van der Waals surface area (Å²) in [5.74, 6) is 0.671. The largest absolute Gasteiger partial charge is 0.479 e. The summed E-state index contributed by atoms with van der Waals surface area (Å²) in [6.07, 6.45) is 0. The number of hydrogen-bond donors (Lipinski definition) is 1. The Balaban J connectivity index is 2.00. The van der Waals surface area contributed by atoms with Gasteiger partial charge in [-0.3, -0.25) is 0 Å². The van der Waals surface area contributed by atoms with Crippen LogP contribution in [0, 0.1) is 11.3 Å². The van der Waals surface area contributed by atoms with E-state index in [0.717, 1.165) is 15.7 Å². The molecule has 1 N–H and O–H groups in total. The van der Waals surface area contributed by atoms with Gasteiger partial charge in [0.1, 0.15) is 11.8 Å².